The number of rotatable bonds is 1. The van der Waals surface area contributed by atoms with Gasteiger partial charge in [0.2, 0.25) is 0 Å². The third kappa shape index (κ3) is 1.26. The van der Waals surface area contributed by atoms with E-state index in [4.69, 9.17) is 5.11 Å². The standard InChI is InChI=1S/C6H4INO2/c7-6-5(10)4(3-9)1-2-8-6/h1-3,10H. The first-order valence-corrected chi connectivity index (χ1v) is 3.62. The number of hydrogen-bond acceptors (Lipinski definition) is 3. The Balaban J connectivity index is 3.27. The van der Waals surface area contributed by atoms with E-state index in [1.54, 1.807) is 0 Å². The van der Waals surface area contributed by atoms with Crippen LogP contribution in [0.5, 0.6) is 5.75 Å². The van der Waals surface area contributed by atoms with Gasteiger partial charge in [-0.3, -0.25) is 4.79 Å². The molecule has 0 saturated heterocycles. The lowest BCUT2D eigenvalue weighted by Crippen LogP contribution is -1.86. The monoisotopic (exact) mass is 249 g/mol. The molecule has 0 amide bonds. The van der Waals surface area contributed by atoms with Gasteiger partial charge in [0.25, 0.3) is 0 Å². The van der Waals surface area contributed by atoms with E-state index in [0.29, 0.717) is 9.99 Å². The second-order valence-corrected chi connectivity index (χ2v) is 2.68. The van der Waals surface area contributed by atoms with Crippen molar-refractivity contribution >= 4 is 28.9 Å². The van der Waals surface area contributed by atoms with Crippen LogP contribution in [0, 0.1) is 3.70 Å². The Kier molecular flexibility index (Phi) is 2.21. The van der Waals surface area contributed by atoms with Crippen LogP contribution in [-0.2, 0) is 0 Å². The molecule has 0 spiro atoms. The number of carbonyl (C=O) groups is 1. The molecular formula is C6H4INO2. The summed E-state index contributed by atoms with van der Waals surface area (Å²) in [7, 11) is 0. The highest BCUT2D eigenvalue weighted by Crippen LogP contribution is 2.19. The molecule has 52 valence electrons. The van der Waals surface area contributed by atoms with E-state index >= 15 is 0 Å². The number of halogens is 1. The van der Waals surface area contributed by atoms with Crippen molar-refractivity contribution in [3.8, 4) is 5.75 Å². The van der Waals surface area contributed by atoms with Crippen LogP contribution in [0.3, 0.4) is 0 Å². The average molecular weight is 249 g/mol. The van der Waals surface area contributed by atoms with Crippen LogP contribution < -0.4 is 0 Å². The second-order valence-electron chi connectivity index (χ2n) is 1.66. The highest BCUT2D eigenvalue weighted by atomic mass is 127. The van der Waals surface area contributed by atoms with Crippen molar-refractivity contribution in [1.29, 1.82) is 0 Å². The molecule has 0 unspecified atom stereocenters. The summed E-state index contributed by atoms with van der Waals surface area (Å²) < 4.78 is 0.446. The number of hydrogen-bond donors (Lipinski definition) is 1. The molecule has 3 nitrogen and oxygen atoms in total. The summed E-state index contributed by atoms with van der Waals surface area (Å²) >= 11 is 1.85. The van der Waals surface area contributed by atoms with E-state index in [-0.39, 0.29) is 11.3 Å². The summed E-state index contributed by atoms with van der Waals surface area (Å²) in [6, 6.07) is 1.46. The first-order chi connectivity index (χ1) is 4.75. The molecule has 1 aromatic heterocycles. The van der Waals surface area contributed by atoms with E-state index in [2.05, 4.69) is 4.98 Å². The Hall–Kier alpha value is -0.650. The minimum atomic E-state index is -0.0434. The van der Waals surface area contributed by atoms with Gasteiger partial charge in [0, 0.05) is 6.20 Å². The van der Waals surface area contributed by atoms with Crippen molar-refractivity contribution in [3.05, 3.63) is 21.5 Å². The number of aromatic nitrogens is 1. The van der Waals surface area contributed by atoms with E-state index in [9.17, 15) is 4.79 Å². The van der Waals surface area contributed by atoms with E-state index in [1.165, 1.54) is 12.3 Å². The summed E-state index contributed by atoms with van der Waals surface area (Å²) in [4.78, 5) is 14.0. The number of pyridine rings is 1. The second kappa shape index (κ2) is 2.96. The van der Waals surface area contributed by atoms with Gasteiger partial charge in [-0.05, 0) is 28.7 Å². The lowest BCUT2D eigenvalue weighted by atomic mass is 10.3. The molecule has 10 heavy (non-hydrogen) atoms. The first kappa shape index (κ1) is 7.46. The summed E-state index contributed by atoms with van der Waals surface area (Å²) in [6.07, 6.45) is 2.07. The van der Waals surface area contributed by atoms with E-state index in [1.807, 2.05) is 22.6 Å². The van der Waals surface area contributed by atoms with E-state index < -0.39 is 0 Å². The van der Waals surface area contributed by atoms with Crippen LogP contribution in [-0.4, -0.2) is 16.4 Å². The molecular weight excluding hydrogens is 245 g/mol. The molecule has 1 heterocycles. The summed E-state index contributed by atoms with van der Waals surface area (Å²) in [5, 5.41) is 9.10. The van der Waals surface area contributed by atoms with Crippen molar-refractivity contribution in [1.82, 2.24) is 4.98 Å². The Morgan fingerprint density at radius 3 is 2.90 bits per heavy atom. The third-order valence-corrected chi connectivity index (χ3v) is 1.83. The zero-order valence-corrected chi connectivity index (χ0v) is 7.07. The number of aromatic hydroxyl groups is 1. The quantitative estimate of drug-likeness (QED) is 0.462. The lowest BCUT2D eigenvalue weighted by molar-refractivity contribution is 0.112. The average Bonchev–Trinajstić information content (AvgIpc) is 1.95. The smallest absolute Gasteiger partial charge is 0.158 e. The largest absolute Gasteiger partial charge is 0.505 e. The maximum Gasteiger partial charge on any atom is 0.158 e. The molecule has 0 aliphatic heterocycles. The number of aldehydes is 1. The molecule has 1 N–H and O–H groups in total. The van der Waals surface area contributed by atoms with Gasteiger partial charge < -0.3 is 5.11 Å². The molecule has 0 bridgehead atoms. The van der Waals surface area contributed by atoms with Crippen LogP contribution in [0.1, 0.15) is 10.4 Å². The molecule has 0 radical (unpaired) electrons. The summed E-state index contributed by atoms with van der Waals surface area (Å²) in [5.74, 6) is -0.0434. The van der Waals surface area contributed by atoms with Gasteiger partial charge in [-0.2, -0.15) is 0 Å². The van der Waals surface area contributed by atoms with Gasteiger partial charge in [-0.1, -0.05) is 0 Å². The van der Waals surface area contributed by atoms with Gasteiger partial charge in [-0.15, -0.1) is 0 Å². The lowest BCUT2D eigenvalue weighted by Gasteiger charge is -1.95. The Morgan fingerprint density at radius 2 is 2.40 bits per heavy atom. The number of nitrogens with zero attached hydrogens (tertiary/aromatic N) is 1. The van der Waals surface area contributed by atoms with Gasteiger partial charge in [-0.25, -0.2) is 4.98 Å². The first-order valence-electron chi connectivity index (χ1n) is 2.54. The Bertz CT molecular complexity index is 262. The van der Waals surface area contributed by atoms with Crippen LogP contribution in [0.15, 0.2) is 12.3 Å². The molecule has 0 fully saturated rings. The van der Waals surface area contributed by atoms with Crippen molar-refractivity contribution in [2.24, 2.45) is 0 Å². The van der Waals surface area contributed by atoms with Gasteiger partial charge in [0.15, 0.2) is 12.0 Å². The predicted octanol–water partition coefficient (Wildman–Crippen LogP) is 1.20. The third-order valence-electron chi connectivity index (χ3n) is 1.04. The highest BCUT2D eigenvalue weighted by Gasteiger charge is 2.02. The van der Waals surface area contributed by atoms with Crippen molar-refractivity contribution in [2.75, 3.05) is 0 Å². The Labute approximate surface area is 71.2 Å². The fraction of sp³-hybridized carbons (Fsp3) is 0. The zero-order valence-electron chi connectivity index (χ0n) is 4.91. The van der Waals surface area contributed by atoms with Gasteiger partial charge in [0.1, 0.15) is 3.70 Å². The Morgan fingerprint density at radius 1 is 1.70 bits per heavy atom. The minimum Gasteiger partial charge on any atom is -0.505 e. The molecule has 1 aromatic rings. The van der Waals surface area contributed by atoms with Gasteiger partial charge >= 0.3 is 0 Å². The van der Waals surface area contributed by atoms with Gasteiger partial charge in [0.05, 0.1) is 5.56 Å². The zero-order chi connectivity index (χ0) is 7.56. The fourth-order valence-corrected chi connectivity index (χ4v) is 1.01. The minimum absolute atomic E-state index is 0.0434. The van der Waals surface area contributed by atoms with Crippen molar-refractivity contribution in [3.63, 3.8) is 0 Å². The molecule has 0 saturated carbocycles. The SMILES string of the molecule is O=Cc1ccnc(I)c1O. The van der Waals surface area contributed by atoms with Crippen molar-refractivity contribution in [2.45, 2.75) is 0 Å². The molecule has 4 heteroatoms. The normalized spacial score (nSPS) is 9.30. The predicted molar refractivity (Wildman–Crippen MR) is 44.0 cm³/mol. The maximum atomic E-state index is 10.2. The van der Waals surface area contributed by atoms with E-state index in [0.717, 1.165) is 0 Å². The van der Waals surface area contributed by atoms with Crippen LogP contribution in [0.4, 0.5) is 0 Å². The van der Waals surface area contributed by atoms with Crippen LogP contribution in [0.25, 0.3) is 0 Å². The summed E-state index contributed by atoms with van der Waals surface area (Å²) in [6.45, 7) is 0. The molecule has 1 rings (SSSR count). The van der Waals surface area contributed by atoms with Crippen LogP contribution in [0.2, 0.25) is 0 Å². The van der Waals surface area contributed by atoms with Crippen LogP contribution >= 0.6 is 22.6 Å². The summed E-state index contributed by atoms with van der Waals surface area (Å²) in [5.41, 5.74) is 0.277. The number of carbonyl (C=O) groups excluding carboxylic acids is 1. The molecule has 0 atom stereocenters. The molecule has 0 aliphatic rings. The van der Waals surface area contributed by atoms with Crippen molar-refractivity contribution < 1.29 is 9.90 Å². The maximum absolute atomic E-state index is 10.2. The topological polar surface area (TPSA) is 50.2 Å². The molecule has 0 aliphatic carbocycles. The molecule has 0 aromatic carbocycles. The highest BCUT2D eigenvalue weighted by molar-refractivity contribution is 14.1. The fourth-order valence-electron chi connectivity index (χ4n) is 0.537.